The lowest BCUT2D eigenvalue weighted by atomic mass is 10.2. The van der Waals surface area contributed by atoms with Crippen LogP contribution in [0, 0.1) is 0 Å². The Morgan fingerprint density at radius 2 is 1.97 bits per heavy atom. The Hall–Kier alpha value is -2.56. The first-order valence-electron chi connectivity index (χ1n) is 10.5. The maximum atomic E-state index is 12.9. The molecule has 0 bridgehead atoms. The fourth-order valence-corrected chi connectivity index (χ4v) is 4.52. The number of carbonyl (C=O) groups excluding carboxylic acids is 2. The van der Waals surface area contributed by atoms with E-state index in [0.29, 0.717) is 17.5 Å². The molecule has 11 heteroatoms. The highest BCUT2D eigenvalue weighted by atomic mass is 32.2. The summed E-state index contributed by atoms with van der Waals surface area (Å²) in [5.41, 5.74) is -0.783. The van der Waals surface area contributed by atoms with Crippen LogP contribution in [0.3, 0.4) is 0 Å². The van der Waals surface area contributed by atoms with Crippen LogP contribution in [-0.2, 0) is 28.7 Å². The Balaban J connectivity index is 1.61. The first-order chi connectivity index (χ1) is 15.2. The maximum Gasteiger partial charge on any atom is 0.416 e. The van der Waals surface area contributed by atoms with Crippen molar-refractivity contribution in [2.45, 2.75) is 75.1 Å². The molecule has 0 saturated heterocycles. The van der Waals surface area contributed by atoms with Crippen molar-refractivity contribution in [1.82, 2.24) is 20.1 Å². The van der Waals surface area contributed by atoms with Gasteiger partial charge >= 0.3 is 6.18 Å². The molecule has 1 aliphatic rings. The third-order valence-electron chi connectivity index (χ3n) is 5.25. The smallest absolute Gasteiger partial charge is 0.352 e. The molecule has 2 aromatic rings. The summed E-state index contributed by atoms with van der Waals surface area (Å²) in [4.78, 5) is 24.9. The van der Waals surface area contributed by atoms with Gasteiger partial charge in [0, 0.05) is 18.3 Å². The first-order valence-corrected chi connectivity index (χ1v) is 11.4. The molecule has 0 radical (unpaired) electrons. The van der Waals surface area contributed by atoms with Gasteiger partial charge in [-0.1, -0.05) is 30.7 Å². The lowest BCUT2D eigenvalue weighted by Gasteiger charge is -2.16. The molecule has 1 aromatic heterocycles. The molecule has 1 heterocycles. The number of hydrogen-bond acceptors (Lipinski definition) is 5. The monoisotopic (exact) mass is 469 g/mol. The number of halogens is 3. The van der Waals surface area contributed by atoms with Crippen LogP contribution < -0.4 is 10.6 Å². The van der Waals surface area contributed by atoms with Gasteiger partial charge in [-0.2, -0.15) is 13.2 Å². The molecule has 2 N–H and O–H groups in total. The van der Waals surface area contributed by atoms with E-state index in [2.05, 4.69) is 20.8 Å². The Morgan fingerprint density at radius 3 is 2.62 bits per heavy atom. The molecule has 0 spiro atoms. The minimum absolute atomic E-state index is 0.0548. The summed E-state index contributed by atoms with van der Waals surface area (Å²) in [5, 5.41) is 13.8. The second-order valence-corrected chi connectivity index (χ2v) is 9.00. The molecule has 7 nitrogen and oxygen atoms in total. The summed E-state index contributed by atoms with van der Waals surface area (Å²) in [6.07, 6.45) is -0.389. The summed E-state index contributed by atoms with van der Waals surface area (Å²) < 4.78 is 40.3. The third-order valence-corrected chi connectivity index (χ3v) is 6.34. The fraction of sp³-hybridized carbons (Fsp3) is 0.524. The summed E-state index contributed by atoms with van der Waals surface area (Å²) in [7, 11) is 0. The highest BCUT2D eigenvalue weighted by Gasteiger charge is 2.30. The number of thioether (sulfide) groups is 1. The molecular formula is C21H26F3N5O2S. The molecule has 1 saturated carbocycles. The minimum Gasteiger partial charge on any atom is -0.352 e. The van der Waals surface area contributed by atoms with Crippen LogP contribution in [0.15, 0.2) is 29.4 Å². The topological polar surface area (TPSA) is 88.9 Å². The predicted molar refractivity (Wildman–Crippen MR) is 115 cm³/mol. The van der Waals surface area contributed by atoms with E-state index in [1.54, 1.807) is 11.5 Å². The number of aromatic nitrogens is 3. The quantitative estimate of drug-likeness (QED) is 0.570. The zero-order valence-corrected chi connectivity index (χ0v) is 18.7. The van der Waals surface area contributed by atoms with Crippen molar-refractivity contribution in [1.29, 1.82) is 0 Å². The van der Waals surface area contributed by atoms with E-state index in [4.69, 9.17) is 0 Å². The summed E-state index contributed by atoms with van der Waals surface area (Å²) in [6, 6.07) is 4.68. The Bertz CT molecular complexity index is 957. The highest BCUT2D eigenvalue weighted by molar-refractivity contribution is 8.00. The molecule has 3 rings (SSSR count). The van der Waals surface area contributed by atoms with E-state index in [1.807, 2.05) is 6.92 Å². The Labute approximate surface area is 188 Å². The van der Waals surface area contributed by atoms with Crippen molar-refractivity contribution in [3.8, 4) is 0 Å². The minimum atomic E-state index is -4.49. The van der Waals surface area contributed by atoms with Crippen LogP contribution in [0.25, 0.3) is 0 Å². The average Bonchev–Trinajstić information content (AvgIpc) is 3.37. The number of nitrogens with zero attached hydrogens (tertiary/aromatic N) is 3. The average molecular weight is 470 g/mol. The van der Waals surface area contributed by atoms with E-state index in [9.17, 15) is 22.8 Å². The molecule has 0 aliphatic heterocycles. The lowest BCUT2D eigenvalue weighted by Crippen LogP contribution is -2.37. The van der Waals surface area contributed by atoms with Gasteiger partial charge in [-0.05, 0) is 44.9 Å². The largest absolute Gasteiger partial charge is 0.416 e. The molecule has 1 fully saturated rings. The van der Waals surface area contributed by atoms with Crippen molar-refractivity contribution in [2.24, 2.45) is 0 Å². The fourth-order valence-electron chi connectivity index (χ4n) is 3.58. The van der Waals surface area contributed by atoms with Crippen LogP contribution in [-0.4, -0.2) is 37.9 Å². The number of rotatable bonds is 8. The molecule has 2 amide bonds. The van der Waals surface area contributed by atoms with Gasteiger partial charge in [0.1, 0.15) is 5.82 Å². The maximum absolute atomic E-state index is 12.9. The molecule has 1 aliphatic carbocycles. The van der Waals surface area contributed by atoms with E-state index in [0.717, 1.165) is 37.8 Å². The molecule has 1 unspecified atom stereocenters. The van der Waals surface area contributed by atoms with Gasteiger partial charge in [-0.3, -0.25) is 9.59 Å². The number of alkyl halides is 3. The van der Waals surface area contributed by atoms with Crippen LogP contribution in [0.1, 0.15) is 50.9 Å². The van der Waals surface area contributed by atoms with E-state index in [-0.39, 0.29) is 29.3 Å². The predicted octanol–water partition coefficient (Wildman–Crippen LogP) is 4.04. The Kier molecular flexibility index (Phi) is 7.81. The third kappa shape index (κ3) is 6.24. The highest BCUT2D eigenvalue weighted by Crippen LogP contribution is 2.30. The second kappa shape index (κ2) is 10.4. The number of benzene rings is 1. The lowest BCUT2D eigenvalue weighted by molar-refractivity contribution is -0.137. The van der Waals surface area contributed by atoms with Crippen molar-refractivity contribution in [2.75, 3.05) is 5.32 Å². The normalized spacial score (nSPS) is 15.5. The van der Waals surface area contributed by atoms with Crippen LogP contribution in [0.5, 0.6) is 0 Å². The molecule has 32 heavy (non-hydrogen) atoms. The Morgan fingerprint density at radius 1 is 1.25 bits per heavy atom. The molecule has 1 atom stereocenters. The number of anilines is 1. The van der Waals surface area contributed by atoms with Gasteiger partial charge in [0.25, 0.3) is 0 Å². The molecular weight excluding hydrogens is 443 g/mol. The van der Waals surface area contributed by atoms with Gasteiger partial charge in [0.05, 0.1) is 17.2 Å². The van der Waals surface area contributed by atoms with Crippen molar-refractivity contribution in [3.05, 3.63) is 35.7 Å². The number of nitrogens with one attached hydrogen (secondary N) is 2. The van der Waals surface area contributed by atoms with Gasteiger partial charge in [-0.25, -0.2) is 0 Å². The summed E-state index contributed by atoms with van der Waals surface area (Å²) in [5.74, 6) is -0.186. The zero-order chi connectivity index (χ0) is 23.3. The zero-order valence-electron chi connectivity index (χ0n) is 17.9. The summed E-state index contributed by atoms with van der Waals surface area (Å²) >= 11 is 1.26. The SMILES string of the molecule is CCn1c(CC(=O)Nc2cccc(C(F)(F)F)c2)nnc1SC(C)C(=O)NC1CCCC1. The summed E-state index contributed by atoms with van der Waals surface area (Å²) in [6.45, 7) is 4.15. The van der Waals surface area contributed by atoms with Crippen LogP contribution in [0.4, 0.5) is 18.9 Å². The first kappa shape index (κ1) is 24.1. The molecule has 174 valence electrons. The van der Waals surface area contributed by atoms with Crippen molar-refractivity contribution in [3.63, 3.8) is 0 Å². The van der Waals surface area contributed by atoms with Gasteiger partial charge in [-0.15, -0.1) is 10.2 Å². The second-order valence-electron chi connectivity index (χ2n) is 7.70. The van der Waals surface area contributed by atoms with Gasteiger partial charge < -0.3 is 15.2 Å². The number of carbonyl (C=O) groups is 2. The number of hydrogen-bond donors (Lipinski definition) is 2. The van der Waals surface area contributed by atoms with Gasteiger partial charge in [0.2, 0.25) is 11.8 Å². The van der Waals surface area contributed by atoms with E-state index >= 15 is 0 Å². The van der Waals surface area contributed by atoms with Crippen molar-refractivity contribution < 1.29 is 22.8 Å². The van der Waals surface area contributed by atoms with Crippen LogP contribution in [0.2, 0.25) is 0 Å². The van der Waals surface area contributed by atoms with E-state index < -0.39 is 17.6 Å². The van der Waals surface area contributed by atoms with Crippen LogP contribution >= 0.6 is 11.8 Å². The van der Waals surface area contributed by atoms with Crippen molar-refractivity contribution >= 4 is 29.3 Å². The van der Waals surface area contributed by atoms with E-state index in [1.165, 1.54) is 23.9 Å². The standard InChI is InChI=1S/C21H26F3N5O2S/c1-3-29-17(12-18(30)25-16-10-6-7-14(11-16)21(22,23)24)27-28-20(29)32-13(2)19(31)26-15-8-4-5-9-15/h6-7,10-11,13,15H,3-5,8-9,12H2,1-2H3,(H,25,30)(H,26,31). The number of amides is 2. The van der Waals surface area contributed by atoms with Gasteiger partial charge in [0.15, 0.2) is 5.16 Å². The molecule has 1 aromatic carbocycles.